The topological polar surface area (TPSA) is 44.7 Å². The number of nitrogens with zero attached hydrogens (tertiary/aromatic N) is 2. The summed E-state index contributed by atoms with van der Waals surface area (Å²) in [5, 5.41) is 3.63. The van der Waals surface area contributed by atoms with Gasteiger partial charge in [-0.25, -0.2) is 14.1 Å². The lowest BCUT2D eigenvalue weighted by molar-refractivity contribution is 0.259. The van der Waals surface area contributed by atoms with E-state index in [0.29, 0.717) is 23.1 Å². The van der Waals surface area contributed by atoms with Gasteiger partial charge in [-0.05, 0) is 30.3 Å². The van der Waals surface area contributed by atoms with E-state index in [1.807, 2.05) is 25.1 Å². The van der Waals surface area contributed by atoms with Crippen LogP contribution in [0.3, 0.4) is 0 Å². The zero-order chi connectivity index (χ0) is 17.1. The van der Waals surface area contributed by atoms with Crippen LogP contribution in [0.25, 0.3) is 0 Å². The summed E-state index contributed by atoms with van der Waals surface area (Å²) >= 11 is 7.37. The molecule has 0 radical (unpaired) electrons. The molecule has 0 fully saturated rings. The molecule has 1 atom stereocenters. The van der Waals surface area contributed by atoms with Gasteiger partial charge in [0.15, 0.2) is 5.17 Å². The number of amides is 2. The molecule has 1 aliphatic rings. The van der Waals surface area contributed by atoms with Crippen molar-refractivity contribution in [3.8, 4) is 0 Å². The number of rotatable bonds is 2. The van der Waals surface area contributed by atoms with Gasteiger partial charge in [0.1, 0.15) is 5.82 Å². The predicted octanol–water partition coefficient (Wildman–Crippen LogP) is 5.01. The van der Waals surface area contributed by atoms with E-state index in [4.69, 9.17) is 11.6 Å². The number of nitrogens with one attached hydrogen (secondary N) is 1. The number of carbonyl (C=O) groups is 1. The first kappa shape index (κ1) is 16.8. The summed E-state index contributed by atoms with van der Waals surface area (Å²) in [4.78, 5) is 18.6. The smallest absolute Gasteiger partial charge is 0.307 e. The van der Waals surface area contributed by atoms with Crippen molar-refractivity contribution in [1.29, 1.82) is 0 Å². The van der Waals surface area contributed by atoms with Gasteiger partial charge in [0, 0.05) is 10.9 Å². The molecule has 2 aromatic carbocycles. The Kier molecular flexibility index (Phi) is 5.06. The molecule has 0 unspecified atom stereocenters. The number of amidine groups is 1. The number of hydrogen-bond acceptors (Lipinski definition) is 3. The van der Waals surface area contributed by atoms with Gasteiger partial charge in [-0.1, -0.05) is 48.5 Å². The van der Waals surface area contributed by atoms with Crippen molar-refractivity contribution in [2.24, 2.45) is 4.99 Å². The highest BCUT2D eigenvalue weighted by Gasteiger charge is 2.28. The second-order valence-electron chi connectivity index (χ2n) is 5.28. The van der Waals surface area contributed by atoms with Crippen molar-refractivity contribution in [1.82, 2.24) is 0 Å². The molecule has 0 bridgehead atoms. The van der Waals surface area contributed by atoms with Crippen LogP contribution in [0.5, 0.6) is 0 Å². The molecule has 1 heterocycles. The Labute approximate surface area is 148 Å². The summed E-state index contributed by atoms with van der Waals surface area (Å²) in [7, 11) is 0. The number of hydrogen-bond donors (Lipinski definition) is 1. The Morgan fingerprint density at radius 2 is 2.08 bits per heavy atom. The van der Waals surface area contributed by atoms with Gasteiger partial charge >= 0.3 is 6.03 Å². The summed E-state index contributed by atoms with van der Waals surface area (Å²) in [6.45, 7) is 2.66. The first-order chi connectivity index (χ1) is 11.5. The number of benzene rings is 2. The fourth-order valence-corrected chi connectivity index (χ4v) is 3.35. The third kappa shape index (κ3) is 3.71. The van der Waals surface area contributed by atoms with Crippen LogP contribution in [-0.2, 0) is 0 Å². The first-order valence-corrected chi connectivity index (χ1v) is 8.62. The zero-order valence-electron chi connectivity index (χ0n) is 12.9. The summed E-state index contributed by atoms with van der Waals surface area (Å²) in [5.74, 6) is -0.529. The Balaban J connectivity index is 1.92. The molecule has 1 aliphatic heterocycles. The lowest BCUT2D eigenvalue weighted by Gasteiger charge is -2.23. The Bertz CT molecular complexity index is 785. The standard InChI is InChI=1S/C17H15ClFN3OS/c1-11-10-20-17(24-11)22(13-7-8-15(19)14(18)9-13)16(23)21-12-5-3-2-4-6-12/h2-9,11H,10H2,1H3,(H,21,23)/t11-/m0/s1. The number of anilines is 2. The molecule has 0 aliphatic carbocycles. The third-order valence-electron chi connectivity index (χ3n) is 3.37. The highest BCUT2D eigenvalue weighted by molar-refractivity contribution is 8.15. The predicted molar refractivity (Wildman–Crippen MR) is 98.7 cm³/mol. The average molecular weight is 364 g/mol. The molecular formula is C17H15ClFN3OS. The molecule has 0 saturated carbocycles. The Morgan fingerprint density at radius 3 is 2.71 bits per heavy atom. The maximum Gasteiger partial charge on any atom is 0.332 e. The van der Waals surface area contributed by atoms with Crippen LogP contribution in [0.2, 0.25) is 5.02 Å². The number of halogens is 2. The highest BCUT2D eigenvalue weighted by atomic mass is 35.5. The summed E-state index contributed by atoms with van der Waals surface area (Å²) < 4.78 is 13.5. The maximum atomic E-state index is 13.5. The molecule has 124 valence electrons. The molecule has 0 spiro atoms. The van der Waals surface area contributed by atoms with Crippen LogP contribution < -0.4 is 10.2 Å². The summed E-state index contributed by atoms with van der Waals surface area (Å²) in [5.41, 5.74) is 1.13. The van der Waals surface area contributed by atoms with Crippen molar-refractivity contribution >= 4 is 45.9 Å². The largest absolute Gasteiger partial charge is 0.332 e. The first-order valence-electron chi connectivity index (χ1n) is 7.37. The van der Waals surface area contributed by atoms with Crippen LogP contribution in [0.15, 0.2) is 53.5 Å². The van der Waals surface area contributed by atoms with Crippen molar-refractivity contribution in [2.45, 2.75) is 12.2 Å². The molecule has 3 rings (SSSR count). The summed E-state index contributed by atoms with van der Waals surface area (Å²) in [6.07, 6.45) is 0. The van der Waals surface area contributed by atoms with Gasteiger partial charge in [-0.2, -0.15) is 0 Å². The van der Waals surface area contributed by atoms with Crippen molar-refractivity contribution < 1.29 is 9.18 Å². The van der Waals surface area contributed by atoms with Gasteiger partial charge in [0.2, 0.25) is 0 Å². The molecule has 2 amide bonds. The number of thioether (sulfide) groups is 1. The molecule has 2 aromatic rings. The molecule has 7 heteroatoms. The van der Waals surface area contributed by atoms with Crippen LogP contribution >= 0.6 is 23.4 Å². The quantitative estimate of drug-likeness (QED) is 0.815. The van der Waals surface area contributed by atoms with Gasteiger partial charge in [-0.3, -0.25) is 4.99 Å². The molecule has 0 aromatic heterocycles. The van der Waals surface area contributed by atoms with E-state index in [2.05, 4.69) is 10.3 Å². The molecular weight excluding hydrogens is 349 g/mol. The second kappa shape index (κ2) is 7.23. The number of urea groups is 1. The molecule has 4 nitrogen and oxygen atoms in total. The normalized spacial score (nSPS) is 16.6. The average Bonchev–Trinajstić information content (AvgIpc) is 2.98. The highest BCUT2D eigenvalue weighted by Crippen LogP contribution is 2.30. The maximum absolute atomic E-state index is 13.5. The van der Waals surface area contributed by atoms with E-state index in [-0.39, 0.29) is 16.3 Å². The number of aliphatic imine (C=N–C) groups is 1. The van der Waals surface area contributed by atoms with Crippen molar-refractivity contribution in [2.75, 3.05) is 16.8 Å². The van der Waals surface area contributed by atoms with Gasteiger partial charge in [0.25, 0.3) is 0 Å². The molecule has 0 saturated heterocycles. The van der Waals surface area contributed by atoms with E-state index in [1.54, 1.807) is 12.1 Å². The minimum Gasteiger partial charge on any atom is -0.307 e. The monoisotopic (exact) mass is 363 g/mol. The SMILES string of the molecule is C[C@H]1CN=C(N(C(=O)Nc2ccccc2)c2ccc(F)c(Cl)c2)S1. The van der Waals surface area contributed by atoms with E-state index >= 15 is 0 Å². The van der Waals surface area contributed by atoms with Crippen LogP contribution in [0.4, 0.5) is 20.6 Å². The number of para-hydroxylation sites is 1. The van der Waals surface area contributed by atoms with Crippen LogP contribution in [-0.4, -0.2) is 23.0 Å². The van der Waals surface area contributed by atoms with E-state index in [1.165, 1.54) is 34.9 Å². The Morgan fingerprint density at radius 1 is 1.33 bits per heavy atom. The minimum atomic E-state index is -0.529. The third-order valence-corrected chi connectivity index (χ3v) is 4.73. The second-order valence-corrected chi connectivity index (χ2v) is 7.09. The Hall–Kier alpha value is -2.05. The van der Waals surface area contributed by atoms with Gasteiger partial charge < -0.3 is 5.32 Å². The lowest BCUT2D eigenvalue weighted by atomic mass is 10.3. The lowest BCUT2D eigenvalue weighted by Crippen LogP contribution is -2.38. The van der Waals surface area contributed by atoms with Crippen molar-refractivity contribution in [3.63, 3.8) is 0 Å². The van der Waals surface area contributed by atoms with Gasteiger partial charge in [-0.15, -0.1) is 0 Å². The fourth-order valence-electron chi connectivity index (χ4n) is 2.22. The minimum absolute atomic E-state index is 0.0401. The van der Waals surface area contributed by atoms with Crippen LogP contribution in [0.1, 0.15) is 6.92 Å². The summed E-state index contributed by atoms with van der Waals surface area (Å²) in [6, 6.07) is 12.9. The molecule has 1 N–H and O–H groups in total. The zero-order valence-corrected chi connectivity index (χ0v) is 14.4. The van der Waals surface area contributed by atoms with Crippen molar-refractivity contribution in [3.05, 3.63) is 59.4 Å². The van der Waals surface area contributed by atoms with Gasteiger partial charge in [0.05, 0.1) is 17.3 Å². The van der Waals surface area contributed by atoms with E-state index in [9.17, 15) is 9.18 Å². The van der Waals surface area contributed by atoms with E-state index in [0.717, 1.165) is 0 Å². The fraction of sp³-hybridized carbons (Fsp3) is 0.176. The van der Waals surface area contributed by atoms with Crippen LogP contribution in [0, 0.1) is 5.82 Å². The van der Waals surface area contributed by atoms with E-state index < -0.39 is 5.82 Å². The molecule has 24 heavy (non-hydrogen) atoms. The number of carbonyl (C=O) groups excluding carboxylic acids is 1.